The second kappa shape index (κ2) is 5.52. The van der Waals surface area contributed by atoms with Gasteiger partial charge in [-0.15, -0.1) is 0 Å². The Bertz CT molecular complexity index is 507. The molecule has 0 aliphatic carbocycles. The summed E-state index contributed by atoms with van der Waals surface area (Å²) in [6.07, 6.45) is -0.286. The molecular weight excluding hydrogens is 260 g/mol. The predicted molar refractivity (Wildman–Crippen MR) is 74.9 cm³/mol. The molecule has 7 nitrogen and oxygen atoms in total. The standard InChI is InChI=1S/C13H20N4O3/c1-13(2,3)20-12(19)17-8-6-16(7-9-17)10-4-5-11(18)15-14-10/h4-5H,6-9H2,1-3H3,(H,15,18). The molecule has 1 fully saturated rings. The lowest BCUT2D eigenvalue weighted by Crippen LogP contribution is -2.50. The number of nitrogens with zero attached hydrogens (tertiary/aromatic N) is 3. The maximum Gasteiger partial charge on any atom is 0.410 e. The summed E-state index contributed by atoms with van der Waals surface area (Å²) >= 11 is 0. The second-order valence-electron chi connectivity index (χ2n) is 5.73. The number of carbonyl (C=O) groups excluding carboxylic acids is 1. The van der Waals surface area contributed by atoms with E-state index in [1.165, 1.54) is 6.07 Å². The first-order valence-electron chi connectivity index (χ1n) is 6.64. The fourth-order valence-corrected chi connectivity index (χ4v) is 1.96. The number of carbonyl (C=O) groups is 1. The highest BCUT2D eigenvalue weighted by atomic mass is 16.6. The summed E-state index contributed by atoms with van der Waals surface area (Å²) in [5.74, 6) is 0.716. The van der Waals surface area contributed by atoms with Crippen LogP contribution in [0, 0.1) is 0 Å². The van der Waals surface area contributed by atoms with Crippen LogP contribution in [0.1, 0.15) is 20.8 Å². The van der Waals surface area contributed by atoms with Gasteiger partial charge in [-0.2, -0.15) is 5.10 Å². The Hall–Kier alpha value is -2.05. The number of piperazine rings is 1. The summed E-state index contributed by atoms with van der Waals surface area (Å²) in [5, 5.41) is 6.39. The molecule has 1 N–H and O–H groups in total. The van der Waals surface area contributed by atoms with Crippen LogP contribution in [0.15, 0.2) is 16.9 Å². The van der Waals surface area contributed by atoms with Crippen molar-refractivity contribution in [3.63, 3.8) is 0 Å². The van der Waals surface area contributed by atoms with Gasteiger partial charge >= 0.3 is 6.09 Å². The van der Waals surface area contributed by atoms with E-state index in [0.29, 0.717) is 32.0 Å². The number of nitrogens with one attached hydrogen (secondary N) is 1. The van der Waals surface area contributed by atoms with Crippen molar-refractivity contribution in [3.8, 4) is 0 Å². The monoisotopic (exact) mass is 280 g/mol. The molecule has 0 bridgehead atoms. The van der Waals surface area contributed by atoms with Gasteiger partial charge in [-0.3, -0.25) is 4.79 Å². The van der Waals surface area contributed by atoms with E-state index >= 15 is 0 Å². The quantitative estimate of drug-likeness (QED) is 0.824. The van der Waals surface area contributed by atoms with Gasteiger partial charge in [0.15, 0.2) is 0 Å². The topological polar surface area (TPSA) is 78.5 Å². The third-order valence-corrected chi connectivity index (χ3v) is 2.92. The molecule has 1 aliphatic heterocycles. The molecule has 2 rings (SSSR count). The lowest BCUT2D eigenvalue weighted by Gasteiger charge is -2.35. The molecule has 1 amide bonds. The summed E-state index contributed by atoms with van der Waals surface area (Å²) in [5.41, 5.74) is -0.699. The van der Waals surface area contributed by atoms with Crippen molar-refractivity contribution < 1.29 is 9.53 Å². The Labute approximate surface area is 117 Å². The minimum Gasteiger partial charge on any atom is -0.444 e. The summed E-state index contributed by atoms with van der Waals surface area (Å²) in [4.78, 5) is 26.6. The van der Waals surface area contributed by atoms with E-state index in [9.17, 15) is 9.59 Å². The number of hydrogen-bond acceptors (Lipinski definition) is 5. The van der Waals surface area contributed by atoms with E-state index in [1.54, 1.807) is 11.0 Å². The number of aromatic amines is 1. The summed E-state index contributed by atoms with van der Waals surface area (Å²) in [7, 11) is 0. The van der Waals surface area contributed by atoms with Crippen LogP contribution < -0.4 is 10.5 Å². The van der Waals surface area contributed by atoms with Crippen LogP contribution in [-0.2, 0) is 4.74 Å². The fourth-order valence-electron chi connectivity index (χ4n) is 1.96. The van der Waals surface area contributed by atoms with Gasteiger partial charge in [-0.25, -0.2) is 9.89 Å². The molecule has 1 aliphatic rings. The second-order valence-corrected chi connectivity index (χ2v) is 5.73. The van der Waals surface area contributed by atoms with Crippen LogP contribution in [0.25, 0.3) is 0 Å². The van der Waals surface area contributed by atoms with Gasteiger partial charge in [0, 0.05) is 32.2 Å². The summed E-state index contributed by atoms with van der Waals surface area (Å²) in [6, 6.07) is 3.13. The van der Waals surface area contributed by atoms with Crippen molar-refractivity contribution in [2.75, 3.05) is 31.1 Å². The number of hydrogen-bond donors (Lipinski definition) is 1. The number of anilines is 1. The van der Waals surface area contributed by atoms with Crippen molar-refractivity contribution >= 4 is 11.9 Å². The first kappa shape index (κ1) is 14.4. The normalized spacial score (nSPS) is 16.1. The number of ether oxygens (including phenoxy) is 1. The van der Waals surface area contributed by atoms with E-state index in [0.717, 1.165) is 0 Å². The molecule has 0 aromatic carbocycles. The lowest BCUT2D eigenvalue weighted by molar-refractivity contribution is 0.0240. The first-order chi connectivity index (χ1) is 9.35. The smallest absolute Gasteiger partial charge is 0.410 e. The highest BCUT2D eigenvalue weighted by molar-refractivity contribution is 5.68. The first-order valence-corrected chi connectivity index (χ1v) is 6.64. The fraction of sp³-hybridized carbons (Fsp3) is 0.615. The lowest BCUT2D eigenvalue weighted by atomic mass is 10.2. The van der Waals surface area contributed by atoms with Gasteiger partial charge < -0.3 is 14.5 Å². The van der Waals surface area contributed by atoms with Crippen LogP contribution in [0.4, 0.5) is 10.6 Å². The van der Waals surface area contributed by atoms with Crippen LogP contribution in [0.3, 0.4) is 0 Å². The molecule has 7 heteroatoms. The average Bonchev–Trinajstić information content (AvgIpc) is 2.38. The van der Waals surface area contributed by atoms with Gasteiger partial charge in [0.1, 0.15) is 11.4 Å². The summed E-state index contributed by atoms with van der Waals surface area (Å²) in [6.45, 7) is 8.05. The zero-order valence-corrected chi connectivity index (χ0v) is 12.0. The van der Waals surface area contributed by atoms with Gasteiger partial charge in [0.05, 0.1) is 0 Å². The van der Waals surface area contributed by atoms with Crippen molar-refractivity contribution in [3.05, 3.63) is 22.5 Å². The highest BCUT2D eigenvalue weighted by Gasteiger charge is 2.26. The van der Waals surface area contributed by atoms with Gasteiger partial charge in [0.25, 0.3) is 5.56 Å². The molecule has 110 valence electrons. The number of amides is 1. The van der Waals surface area contributed by atoms with Gasteiger partial charge in [-0.1, -0.05) is 0 Å². The van der Waals surface area contributed by atoms with Crippen molar-refractivity contribution in [1.29, 1.82) is 0 Å². The summed E-state index contributed by atoms with van der Waals surface area (Å²) < 4.78 is 5.34. The van der Waals surface area contributed by atoms with Crippen molar-refractivity contribution in [2.24, 2.45) is 0 Å². The molecule has 1 aromatic heterocycles. The van der Waals surface area contributed by atoms with E-state index in [1.807, 2.05) is 25.7 Å². The Morgan fingerprint density at radius 1 is 1.25 bits per heavy atom. The zero-order valence-electron chi connectivity index (χ0n) is 12.0. The number of aromatic nitrogens is 2. The largest absolute Gasteiger partial charge is 0.444 e. The van der Waals surface area contributed by atoms with Crippen LogP contribution in [0.5, 0.6) is 0 Å². The van der Waals surface area contributed by atoms with Crippen LogP contribution in [0.2, 0.25) is 0 Å². The molecule has 0 spiro atoms. The molecular formula is C13H20N4O3. The molecule has 2 heterocycles. The van der Waals surface area contributed by atoms with Gasteiger partial charge in [0.2, 0.25) is 0 Å². The maximum absolute atomic E-state index is 11.9. The third kappa shape index (κ3) is 3.72. The molecule has 0 atom stereocenters. The number of rotatable bonds is 1. The SMILES string of the molecule is CC(C)(C)OC(=O)N1CCN(c2ccc(=O)[nH]n2)CC1. The Morgan fingerprint density at radius 3 is 2.40 bits per heavy atom. The molecule has 20 heavy (non-hydrogen) atoms. The van der Waals surface area contributed by atoms with Crippen LogP contribution >= 0.6 is 0 Å². The predicted octanol–water partition coefficient (Wildman–Crippen LogP) is 0.827. The van der Waals surface area contributed by atoms with E-state index < -0.39 is 5.60 Å². The molecule has 1 saturated heterocycles. The van der Waals surface area contributed by atoms with Crippen molar-refractivity contribution in [1.82, 2.24) is 15.1 Å². The Balaban J connectivity index is 1.90. The Kier molecular flexibility index (Phi) is 3.96. The van der Waals surface area contributed by atoms with E-state index in [4.69, 9.17) is 4.74 Å². The third-order valence-electron chi connectivity index (χ3n) is 2.92. The average molecular weight is 280 g/mol. The minimum absolute atomic E-state index is 0.221. The minimum atomic E-state index is -0.477. The maximum atomic E-state index is 11.9. The van der Waals surface area contributed by atoms with Crippen LogP contribution in [-0.4, -0.2) is 53.0 Å². The Morgan fingerprint density at radius 2 is 1.90 bits per heavy atom. The number of H-pyrrole nitrogens is 1. The highest BCUT2D eigenvalue weighted by Crippen LogP contribution is 2.14. The molecule has 1 aromatic rings. The molecule has 0 unspecified atom stereocenters. The zero-order chi connectivity index (χ0) is 14.8. The van der Waals surface area contributed by atoms with E-state index in [2.05, 4.69) is 10.2 Å². The van der Waals surface area contributed by atoms with Gasteiger partial charge in [-0.05, 0) is 26.8 Å². The van der Waals surface area contributed by atoms with E-state index in [-0.39, 0.29) is 11.7 Å². The molecule has 0 radical (unpaired) electrons. The van der Waals surface area contributed by atoms with Crippen molar-refractivity contribution in [2.45, 2.75) is 26.4 Å². The molecule has 0 saturated carbocycles.